The summed E-state index contributed by atoms with van der Waals surface area (Å²) in [6, 6.07) is 10.5. The number of aromatic nitrogens is 2. The van der Waals surface area contributed by atoms with Gasteiger partial charge in [0.15, 0.2) is 5.78 Å². The fourth-order valence-electron chi connectivity index (χ4n) is 2.58. The zero-order chi connectivity index (χ0) is 19.4. The lowest BCUT2D eigenvalue weighted by Crippen LogP contribution is -2.02. The molecule has 0 aliphatic rings. The van der Waals surface area contributed by atoms with E-state index in [1.165, 1.54) is 6.08 Å². The highest BCUT2D eigenvalue weighted by atomic mass is 79.9. The minimum Gasteiger partial charge on any atom is -0.496 e. The molecule has 1 heterocycles. The molecule has 3 rings (SSSR count). The SMILES string of the molecule is COc1ccc(/C=C/C(=O)c2ccc(Cl)cc2Cl)cc1Cn1cc(Br)cn1. The normalized spacial score (nSPS) is 11.1. The average molecular weight is 466 g/mol. The van der Waals surface area contributed by atoms with Gasteiger partial charge < -0.3 is 4.74 Å². The number of carbonyl (C=O) groups is 1. The first kappa shape index (κ1) is 19.7. The summed E-state index contributed by atoms with van der Waals surface area (Å²) >= 11 is 15.4. The van der Waals surface area contributed by atoms with Gasteiger partial charge in [-0.05, 0) is 57.9 Å². The first-order valence-electron chi connectivity index (χ1n) is 7.98. The number of rotatable bonds is 6. The molecule has 0 aliphatic heterocycles. The van der Waals surface area contributed by atoms with Crippen molar-refractivity contribution >= 4 is 51.0 Å². The summed E-state index contributed by atoms with van der Waals surface area (Å²) in [5.74, 6) is 0.566. The van der Waals surface area contributed by atoms with Crippen LogP contribution in [0.1, 0.15) is 21.5 Å². The number of hydrogen-bond donors (Lipinski definition) is 0. The molecule has 0 atom stereocenters. The molecular weight excluding hydrogens is 451 g/mol. The molecule has 27 heavy (non-hydrogen) atoms. The third kappa shape index (κ3) is 5.01. The van der Waals surface area contributed by atoms with Crippen LogP contribution in [0.25, 0.3) is 6.08 Å². The van der Waals surface area contributed by atoms with Crippen molar-refractivity contribution in [2.24, 2.45) is 0 Å². The van der Waals surface area contributed by atoms with E-state index in [0.717, 1.165) is 21.3 Å². The molecule has 4 nitrogen and oxygen atoms in total. The van der Waals surface area contributed by atoms with E-state index < -0.39 is 0 Å². The number of halogens is 3. The molecule has 0 radical (unpaired) electrons. The average Bonchev–Trinajstić information content (AvgIpc) is 3.04. The zero-order valence-electron chi connectivity index (χ0n) is 14.3. The Balaban J connectivity index is 1.83. The summed E-state index contributed by atoms with van der Waals surface area (Å²) in [7, 11) is 1.62. The van der Waals surface area contributed by atoms with Crippen molar-refractivity contribution in [3.05, 3.63) is 86.1 Å². The molecule has 0 N–H and O–H groups in total. The second kappa shape index (κ2) is 8.74. The zero-order valence-corrected chi connectivity index (χ0v) is 17.4. The maximum absolute atomic E-state index is 12.4. The molecule has 0 fully saturated rings. The number of ether oxygens (including phenoxy) is 1. The summed E-state index contributed by atoms with van der Waals surface area (Å²) in [6.07, 6.45) is 6.85. The number of allylic oxidation sites excluding steroid dienone is 1. The smallest absolute Gasteiger partial charge is 0.187 e. The van der Waals surface area contributed by atoms with E-state index in [-0.39, 0.29) is 5.78 Å². The minimum absolute atomic E-state index is 0.190. The highest BCUT2D eigenvalue weighted by Crippen LogP contribution is 2.24. The third-order valence-corrected chi connectivity index (χ3v) is 4.82. The Hall–Kier alpha value is -2.08. The predicted molar refractivity (Wildman–Crippen MR) is 112 cm³/mol. The van der Waals surface area contributed by atoms with Crippen LogP contribution in [0, 0.1) is 0 Å². The third-order valence-electron chi connectivity index (χ3n) is 3.86. The standard InChI is InChI=1S/C20H15BrCl2N2O2/c1-27-20-7-3-13(8-14(20)11-25-12-15(21)10-24-25)2-6-19(26)17-5-4-16(22)9-18(17)23/h2-10,12H,11H2,1H3/b6-2+. The Morgan fingerprint density at radius 3 is 2.74 bits per heavy atom. The second-order valence-corrected chi connectivity index (χ2v) is 7.51. The van der Waals surface area contributed by atoms with Crippen molar-refractivity contribution in [3.8, 4) is 5.75 Å². The number of ketones is 1. The van der Waals surface area contributed by atoms with E-state index in [9.17, 15) is 4.79 Å². The quantitative estimate of drug-likeness (QED) is 0.336. The van der Waals surface area contributed by atoms with E-state index in [0.29, 0.717) is 22.2 Å². The molecule has 3 aromatic rings. The van der Waals surface area contributed by atoms with Crippen molar-refractivity contribution in [1.29, 1.82) is 0 Å². The van der Waals surface area contributed by atoms with Gasteiger partial charge in [-0.2, -0.15) is 5.10 Å². The highest BCUT2D eigenvalue weighted by Gasteiger charge is 2.09. The molecule has 0 aliphatic carbocycles. The molecule has 0 spiro atoms. The lowest BCUT2D eigenvalue weighted by atomic mass is 10.1. The highest BCUT2D eigenvalue weighted by molar-refractivity contribution is 9.10. The van der Waals surface area contributed by atoms with Gasteiger partial charge in [-0.1, -0.05) is 35.3 Å². The fraction of sp³-hybridized carbons (Fsp3) is 0.100. The van der Waals surface area contributed by atoms with Crippen molar-refractivity contribution in [1.82, 2.24) is 9.78 Å². The largest absolute Gasteiger partial charge is 0.496 e. The van der Waals surface area contributed by atoms with Crippen molar-refractivity contribution in [2.45, 2.75) is 6.54 Å². The van der Waals surface area contributed by atoms with Crippen LogP contribution < -0.4 is 4.74 Å². The Morgan fingerprint density at radius 2 is 2.07 bits per heavy atom. The van der Waals surface area contributed by atoms with Gasteiger partial charge in [0.05, 0.1) is 29.3 Å². The van der Waals surface area contributed by atoms with E-state index >= 15 is 0 Å². The van der Waals surface area contributed by atoms with Crippen LogP contribution in [0.4, 0.5) is 0 Å². The number of nitrogens with zero attached hydrogens (tertiary/aromatic N) is 2. The molecule has 138 valence electrons. The van der Waals surface area contributed by atoms with Gasteiger partial charge in [0.25, 0.3) is 0 Å². The Bertz CT molecular complexity index is 1010. The predicted octanol–water partition coefficient (Wildman–Crippen LogP) is 5.91. The molecule has 0 bridgehead atoms. The lowest BCUT2D eigenvalue weighted by Gasteiger charge is -2.10. The second-order valence-electron chi connectivity index (χ2n) is 5.75. The van der Waals surface area contributed by atoms with Crippen LogP contribution in [0.2, 0.25) is 10.0 Å². The molecule has 7 heteroatoms. The molecule has 2 aromatic carbocycles. The Morgan fingerprint density at radius 1 is 1.26 bits per heavy atom. The molecule has 0 saturated carbocycles. The molecular formula is C20H15BrCl2N2O2. The van der Waals surface area contributed by atoms with Crippen LogP contribution in [0.5, 0.6) is 5.75 Å². The number of methoxy groups -OCH3 is 1. The van der Waals surface area contributed by atoms with Gasteiger partial charge in [-0.25, -0.2) is 0 Å². The van der Waals surface area contributed by atoms with Gasteiger partial charge in [0, 0.05) is 22.3 Å². The van der Waals surface area contributed by atoms with E-state index in [1.807, 2.05) is 24.4 Å². The maximum Gasteiger partial charge on any atom is 0.187 e. The van der Waals surface area contributed by atoms with Gasteiger partial charge >= 0.3 is 0 Å². The van der Waals surface area contributed by atoms with Crippen LogP contribution >= 0.6 is 39.1 Å². The number of carbonyl (C=O) groups excluding carboxylic acids is 1. The summed E-state index contributed by atoms with van der Waals surface area (Å²) in [6.45, 7) is 0.549. The summed E-state index contributed by atoms with van der Waals surface area (Å²) in [5, 5.41) is 5.09. The first-order valence-corrected chi connectivity index (χ1v) is 9.53. The minimum atomic E-state index is -0.190. The van der Waals surface area contributed by atoms with E-state index in [4.69, 9.17) is 27.9 Å². The lowest BCUT2D eigenvalue weighted by molar-refractivity contribution is 0.104. The molecule has 0 saturated heterocycles. The van der Waals surface area contributed by atoms with E-state index in [2.05, 4.69) is 21.0 Å². The number of hydrogen-bond acceptors (Lipinski definition) is 3. The van der Waals surface area contributed by atoms with Crippen LogP contribution in [-0.4, -0.2) is 22.7 Å². The van der Waals surface area contributed by atoms with Crippen molar-refractivity contribution in [3.63, 3.8) is 0 Å². The summed E-state index contributed by atoms with van der Waals surface area (Å²) in [4.78, 5) is 12.4. The first-order chi connectivity index (χ1) is 13.0. The van der Waals surface area contributed by atoms with Gasteiger partial charge in [-0.15, -0.1) is 0 Å². The topological polar surface area (TPSA) is 44.1 Å². The van der Waals surface area contributed by atoms with Gasteiger partial charge in [-0.3, -0.25) is 9.48 Å². The summed E-state index contributed by atoms with van der Waals surface area (Å²) in [5.41, 5.74) is 2.23. The Labute approximate surface area is 175 Å². The van der Waals surface area contributed by atoms with Crippen molar-refractivity contribution in [2.75, 3.05) is 7.11 Å². The molecule has 0 amide bonds. The maximum atomic E-state index is 12.4. The van der Waals surface area contributed by atoms with Crippen molar-refractivity contribution < 1.29 is 9.53 Å². The van der Waals surface area contributed by atoms with E-state index in [1.54, 1.807) is 42.3 Å². The fourth-order valence-corrected chi connectivity index (χ4v) is 3.41. The summed E-state index contributed by atoms with van der Waals surface area (Å²) < 4.78 is 8.13. The molecule has 0 unspecified atom stereocenters. The van der Waals surface area contributed by atoms with Gasteiger partial charge in [0.1, 0.15) is 5.75 Å². The Kier molecular flexibility index (Phi) is 6.37. The number of benzene rings is 2. The van der Waals surface area contributed by atoms with Crippen LogP contribution in [0.3, 0.4) is 0 Å². The molecule has 1 aromatic heterocycles. The van der Waals surface area contributed by atoms with Crippen LogP contribution in [-0.2, 0) is 6.54 Å². The van der Waals surface area contributed by atoms with Crippen LogP contribution in [0.15, 0.2) is 59.3 Å². The monoisotopic (exact) mass is 464 g/mol. The van der Waals surface area contributed by atoms with Gasteiger partial charge in [0.2, 0.25) is 0 Å².